The number of hydrogen-bond donors (Lipinski definition) is 1. The molecule has 3 heterocycles. The number of amides is 1. The van der Waals surface area contributed by atoms with E-state index in [1.54, 1.807) is 0 Å². The topological polar surface area (TPSA) is 61.5 Å². The lowest BCUT2D eigenvalue weighted by molar-refractivity contribution is -0.00706. The number of nitrogens with zero attached hydrogens (tertiary/aromatic N) is 3. The number of H-pyrrole nitrogens is 1. The van der Waals surface area contributed by atoms with Crippen LogP contribution in [0.2, 0.25) is 0 Å². The van der Waals surface area contributed by atoms with Crippen LogP contribution < -0.4 is 0 Å². The molecule has 2 fully saturated rings. The van der Waals surface area contributed by atoms with Gasteiger partial charge in [-0.2, -0.15) is 5.10 Å². The SMILES string of the molecule is C[C@@H]1Cc2c(C(=O)N(CCN3CCCCCC3)C3CCC3)n[nH]c2[C@H](C)O1. The van der Waals surface area contributed by atoms with Crippen LogP contribution in [0.1, 0.15) is 86.6 Å². The zero-order chi connectivity index (χ0) is 18.8. The van der Waals surface area contributed by atoms with Crippen molar-refractivity contribution < 1.29 is 9.53 Å². The Morgan fingerprint density at radius 3 is 2.59 bits per heavy atom. The van der Waals surface area contributed by atoms with Crippen molar-refractivity contribution in [3.63, 3.8) is 0 Å². The van der Waals surface area contributed by atoms with Crippen LogP contribution in [0.4, 0.5) is 0 Å². The molecule has 4 rings (SSSR count). The highest BCUT2D eigenvalue weighted by Crippen LogP contribution is 2.32. The summed E-state index contributed by atoms with van der Waals surface area (Å²) in [6, 6.07) is 0.395. The van der Waals surface area contributed by atoms with Gasteiger partial charge in [0.25, 0.3) is 5.91 Å². The van der Waals surface area contributed by atoms with Gasteiger partial charge in [0.2, 0.25) is 0 Å². The van der Waals surface area contributed by atoms with E-state index < -0.39 is 0 Å². The molecular formula is C21H34N4O2. The van der Waals surface area contributed by atoms with Crippen LogP contribution in [0, 0.1) is 0 Å². The van der Waals surface area contributed by atoms with E-state index in [1.807, 2.05) is 6.92 Å². The van der Waals surface area contributed by atoms with Crippen LogP contribution in [0.3, 0.4) is 0 Å². The minimum Gasteiger partial charge on any atom is -0.369 e. The number of aromatic amines is 1. The summed E-state index contributed by atoms with van der Waals surface area (Å²) in [5, 5.41) is 7.53. The number of nitrogens with one attached hydrogen (secondary N) is 1. The van der Waals surface area contributed by atoms with Gasteiger partial charge in [0, 0.05) is 31.1 Å². The molecule has 0 bridgehead atoms. The fourth-order valence-electron chi connectivity index (χ4n) is 4.74. The molecule has 2 atom stereocenters. The summed E-state index contributed by atoms with van der Waals surface area (Å²) in [6.07, 6.45) is 9.65. The van der Waals surface area contributed by atoms with E-state index in [9.17, 15) is 4.79 Å². The maximum atomic E-state index is 13.5. The fourth-order valence-corrected chi connectivity index (χ4v) is 4.74. The second-order valence-electron chi connectivity index (χ2n) is 8.60. The Hall–Kier alpha value is -1.40. The molecule has 0 radical (unpaired) electrons. The predicted molar refractivity (Wildman–Crippen MR) is 105 cm³/mol. The third-order valence-corrected chi connectivity index (χ3v) is 6.57. The van der Waals surface area contributed by atoms with Gasteiger partial charge in [0.1, 0.15) is 0 Å². The summed E-state index contributed by atoms with van der Waals surface area (Å²) in [7, 11) is 0. The maximum Gasteiger partial charge on any atom is 0.274 e. The van der Waals surface area contributed by atoms with E-state index in [0.717, 1.165) is 43.6 Å². The molecule has 0 spiro atoms. The fraction of sp³-hybridized carbons (Fsp3) is 0.810. The molecular weight excluding hydrogens is 340 g/mol. The van der Waals surface area contributed by atoms with Crippen LogP contribution in [-0.2, 0) is 11.2 Å². The van der Waals surface area contributed by atoms with Crippen LogP contribution >= 0.6 is 0 Å². The van der Waals surface area contributed by atoms with Gasteiger partial charge in [0.15, 0.2) is 5.69 Å². The number of likely N-dealkylation sites (tertiary alicyclic amines) is 1. The monoisotopic (exact) mass is 374 g/mol. The Labute approximate surface area is 162 Å². The number of carbonyl (C=O) groups excluding carboxylic acids is 1. The molecule has 1 aliphatic carbocycles. The lowest BCUT2D eigenvalue weighted by atomic mass is 9.90. The van der Waals surface area contributed by atoms with E-state index in [2.05, 4.69) is 26.9 Å². The average molecular weight is 375 g/mol. The van der Waals surface area contributed by atoms with Gasteiger partial charge >= 0.3 is 0 Å². The smallest absolute Gasteiger partial charge is 0.274 e. The molecule has 1 saturated heterocycles. The second-order valence-corrected chi connectivity index (χ2v) is 8.60. The summed E-state index contributed by atoms with van der Waals surface area (Å²) in [4.78, 5) is 18.1. The number of fused-ring (bicyclic) bond motifs is 1. The van der Waals surface area contributed by atoms with Crippen molar-refractivity contribution in [2.75, 3.05) is 26.2 Å². The third kappa shape index (κ3) is 4.06. The normalized spacial score (nSPS) is 26.9. The van der Waals surface area contributed by atoms with Crippen molar-refractivity contribution in [1.82, 2.24) is 20.0 Å². The maximum absolute atomic E-state index is 13.5. The molecule has 0 aromatic carbocycles. The molecule has 1 aromatic heterocycles. The zero-order valence-electron chi connectivity index (χ0n) is 16.9. The minimum atomic E-state index is -0.0212. The first-order valence-corrected chi connectivity index (χ1v) is 10.9. The second kappa shape index (κ2) is 8.31. The Balaban J connectivity index is 1.48. The Kier molecular flexibility index (Phi) is 5.83. The van der Waals surface area contributed by atoms with Gasteiger partial charge in [0.05, 0.1) is 17.9 Å². The standard InChI is InChI=1S/C21H34N4O2/c1-15-14-18-19(16(2)27-15)22-23-20(18)21(26)25(17-8-7-9-17)13-12-24-10-5-3-4-6-11-24/h15-17H,3-14H2,1-2H3,(H,22,23)/t15-,16+/m1/s1. The molecule has 1 saturated carbocycles. The molecule has 27 heavy (non-hydrogen) atoms. The van der Waals surface area contributed by atoms with E-state index in [0.29, 0.717) is 11.7 Å². The predicted octanol–water partition coefficient (Wildman–Crippen LogP) is 3.30. The Bertz CT molecular complexity index is 647. The van der Waals surface area contributed by atoms with Crippen molar-refractivity contribution in [2.24, 2.45) is 0 Å². The van der Waals surface area contributed by atoms with Gasteiger partial charge in [-0.15, -0.1) is 0 Å². The highest BCUT2D eigenvalue weighted by Gasteiger charge is 2.35. The number of hydrogen-bond acceptors (Lipinski definition) is 4. The molecule has 6 nitrogen and oxygen atoms in total. The van der Waals surface area contributed by atoms with Crippen molar-refractivity contribution >= 4 is 5.91 Å². The first-order chi connectivity index (χ1) is 13.1. The highest BCUT2D eigenvalue weighted by atomic mass is 16.5. The summed E-state index contributed by atoms with van der Waals surface area (Å²) in [5.74, 6) is 0.119. The number of aromatic nitrogens is 2. The van der Waals surface area contributed by atoms with Gasteiger partial charge < -0.3 is 14.5 Å². The summed E-state index contributed by atoms with van der Waals surface area (Å²) < 4.78 is 5.88. The molecule has 1 aromatic rings. The summed E-state index contributed by atoms with van der Waals surface area (Å²) in [6.45, 7) is 8.28. The number of rotatable bonds is 5. The van der Waals surface area contributed by atoms with Gasteiger partial charge in [-0.25, -0.2) is 0 Å². The van der Waals surface area contributed by atoms with Crippen molar-refractivity contribution in [3.05, 3.63) is 17.0 Å². The first-order valence-electron chi connectivity index (χ1n) is 10.9. The molecule has 1 amide bonds. The summed E-state index contributed by atoms with van der Waals surface area (Å²) in [5.41, 5.74) is 2.69. The van der Waals surface area contributed by atoms with E-state index >= 15 is 0 Å². The van der Waals surface area contributed by atoms with Gasteiger partial charge in [-0.3, -0.25) is 9.89 Å². The lowest BCUT2D eigenvalue weighted by Gasteiger charge is -2.38. The van der Waals surface area contributed by atoms with Crippen molar-refractivity contribution in [2.45, 2.75) is 83.5 Å². The third-order valence-electron chi connectivity index (χ3n) is 6.57. The molecule has 1 N–H and O–H groups in total. The Morgan fingerprint density at radius 2 is 1.93 bits per heavy atom. The van der Waals surface area contributed by atoms with Crippen LogP contribution in [-0.4, -0.2) is 64.2 Å². The minimum absolute atomic E-state index is 0.0212. The van der Waals surface area contributed by atoms with Crippen molar-refractivity contribution in [3.8, 4) is 0 Å². The van der Waals surface area contributed by atoms with E-state index in [4.69, 9.17) is 4.74 Å². The van der Waals surface area contributed by atoms with Crippen LogP contribution in [0.25, 0.3) is 0 Å². The van der Waals surface area contributed by atoms with Gasteiger partial charge in [-0.1, -0.05) is 12.8 Å². The molecule has 2 aliphatic heterocycles. The molecule has 150 valence electrons. The molecule has 3 aliphatic rings. The summed E-state index contributed by atoms with van der Waals surface area (Å²) >= 11 is 0. The Morgan fingerprint density at radius 1 is 1.19 bits per heavy atom. The number of carbonyl (C=O) groups is 1. The zero-order valence-corrected chi connectivity index (χ0v) is 16.9. The molecule has 6 heteroatoms. The van der Waals surface area contributed by atoms with Crippen LogP contribution in [0.15, 0.2) is 0 Å². The lowest BCUT2D eigenvalue weighted by Crippen LogP contribution is -2.48. The average Bonchev–Trinajstić information content (AvgIpc) is 2.84. The first kappa shape index (κ1) is 18.9. The van der Waals surface area contributed by atoms with E-state index in [1.165, 1.54) is 45.2 Å². The van der Waals surface area contributed by atoms with E-state index in [-0.39, 0.29) is 18.1 Å². The highest BCUT2D eigenvalue weighted by molar-refractivity contribution is 5.94. The molecule has 0 unspecified atom stereocenters. The largest absolute Gasteiger partial charge is 0.369 e. The number of ether oxygens (including phenoxy) is 1. The quantitative estimate of drug-likeness (QED) is 0.859. The van der Waals surface area contributed by atoms with Gasteiger partial charge in [-0.05, 0) is 59.0 Å². The van der Waals surface area contributed by atoms with Crippen LogP contribution in [0.5, 0.6) is 0 Å². The van der Waals surface area contributed by atoms with Crippen molar-refractivity contribution in [1.29, 1.82) is 0 Å².